The van der Waals surface area contributed by atoms with Crippen LogP contribution in [0.4, 0.5) is 13.2 Å². The molecule has 2 N–H and O–H groups in total. The van der Waals surface area contributed by atoms with Crippen LogP contribution in [0.3, 0.4) is 0 Å². The number of aliphatic hydroxyl groups is 1. The molecule has 0 heterocycles. The molecule has 0 saturated carbocycles. The second kappa shape index (κ2) is 10.9. The van der Waals surface area contributed by atoms with E-state index in [2.05, 4.69) is 18.2 Å². The van der Waals surface area contributed by atoms with Crippen molar-refractivity contribution in [1.29, 1.82) is 0 Å². The van der Waals surface area contributed by atoms with Gasteiger partial charge >= 0.3 is 6.18 Å². The molecule has 0 bridgehead atoms. The summed E-state index contributed by atoms with van der Waals surface area (Å²) >= 11 is 0. The standard InChI is InChI=1S/C27H31F3O2/c1-2-19-17-22(11-15-26(19)32)21-10-14-25(20-8-12-24(31)13-9-20)23(18-21)7-5-3-4-6-16-27(28,29)30/h8-12,14-15,17-18,24,31-32H,2-7,13,16H2,1H3. The number of unbranched alkanes of at least 4 members (excludes halogenated alkanes) is 3. The maximum absolute atomic E-state index is 12.4. The Morgan fingerprint density at radius 1 is 0.938 bits per heavy atom. The Labute approximate surface area is 188 Å². The Balaban J connectivity index is 1.79. The molecule has 0 spiro atoms. The molecule has 0 radical (unpaired) electrons. The molecule has 3 rings (SSSR count). The third-order valence-corrected chi connectivity index (χ3v) is 5.94. The van der Waals surface area contributed by atoms with Crippen LogP contribution in [0.1, 0.15) is 62.1 Å². The maximum Gasteiger partial charge on any atom is 0.389 e. The number of benzene rings is 2. The SMILES string of the molecule is CCc1cc(-c2ccc(C3=CCC(O)C=C3)c(CCCCCCC(F)(F)F)c2)ccc1O. The van der Waals surface area contributed by atoms with E-state index in [4.69, 9.17) is 0 Å². The summed E-state index contributed by atoms with van der Waals surface area (Å²) in [4.78, 5) is 0. The zero-order chi connectivity index (χ0) is 23.1. The zero-order valence-corrected chi connectivity index (χ0v) is 18.5. The molecule has 1 aliphatic carbocycles. The summed E-state index contributed by atoms with van der Waals surface area (Å²) in [7, 11) is 0. The summed E-state index contributed by atoms with van der Waals surface area (Å²) in [5.41, 5.74) is 6.29. The maximum atomic E-state index is 12.4. The highest BCUT2D eigenvalue weighted by atomic mass is 19.4. The fourth-order valence-electron chi connectivity index (χ4n) is 4.11. The molecule has 1 aliphatic rings. The Morgan fingerprint density at radius 2 is 1.62 bits per heavy atom. The number of allylic oxidation sites excluding steroid dienone is 2. The van der Waals surface area contributed by atoms with E-state index in [0.29, 0.717) is 18.6 Å². The normalized spacial score (nSPS) is 16.3. The van der Waals surface area contributed by atoms with E-state index < -0.39 is 18.7 Å². The highest BCUT2D eigenvalue weighted by molar-refractivity contribution is 5.79. The van der Waals surface area contributed by atoms with Gasteiger partial charge in [0.15, 0.2) is 0 Å². The van der Waals surface area contributed by atoms with E-state index in [1.54, 1.807) is 12.1 Å². The number of hydrogen-bond acceptors (Lipinski definition) is 2. The third kappa shape index (κ3) is 6.73. The highest BCUT2D eigenvalue weighted by Crippen LogP contribution is 2.32. The third-order valence-electron chi connectivity index (χ3n) is 5.94. The van der Waals surface area contributed by atoms with E-state index in [1.165, 1.54) is 0 Å². The fourth-order valence-corrected chi connectivity index (χ4v) is 4.11. The van der Waals surface area contributed by atoms with Gasteiger partial charge in [0.25, 0.3) is 0 Å². The molecule has 2 aromatic carbocycles. The Morgan fingerprint density at radius 3 is 2.28 bits per heavy atom. The van der Waals surface area contributed by atoms with E-state index in [0.717, 1.165) is 59.1 Å². The van der Waals surface area contributed by atoms with Gasteiger partial charge in [-0.2, -0.15) is 13.2 Å². The predicted molar refractivity (Wildman–Crippen MR) is 124 cm³/mol. The van der Waals surface area contributed by atoms with Crippen LogP contribution in [0.25, 0.3) is 16.7 Å². The molecule has 5 heteroatoms. The van der Waals surface area contributed by atoms with Crippen LogP contribution in [0.5, 0.6) is 5.75 Å². The summed E-state index contributed by atoms with van der Waals surface area (Å²) in [6, 6.07) is 11.9. The quantitative estimate of drug-likeness (QED) is 0.396. The number of aromatic hydroxyl groups is 1. The van der Waals surface area contributed by atoms with Crippen LogP contribution in [-0.4, -0.2) is 22.5 Å². The summed E-state index contributed by atoms with van der Waals surface area (Å²) < 4.78 is 37.1. The second-order valence-corrected chi connectivity index (χ2v) is 8.42. The minimum absolute atomic E-state index is 0.176. The van der Waals surface area contributed by atoms with Gasteiger partial charge in [0, 0.05) is 6.42 Å². The summed E-state index contributed by atoms with van der Waals surface area (Å²) in [5, 5.41) is 19.8. The average Bonchev–Trinajstić information content (AvgIpc) is 2.76. The molecule has 0 aliphatic heterocycles. The molecular formula is C27H31F3O2. The number of aryl methyl sites for hydroxylation is 2. The van der Waals surface area contributed by atoms with Crippen molar-refractivity contribution in [2.24, 2.45) is 0 Å². The van der Waals surface area contributed by atoms with Gasteiger partial charge in [-0.3, -0.25) is 0 Å². The van der Waals surface area contributed by atoms with Gasteiger partial charge in [-0.15, -0.1) is 0 Å². The number of rotatable bonds is 9. The summed E-state index contributed by atoms with van der Waals surface area (Å²) in [5.74, 6) is 0.294. The predicted octanol–water partition coefficient (Wildman–Crippen LogP) is 7.38. The van der Waals surface area contributed by atoms with Crippen LogP contribution in [0.15, 0.2) is 54.6 Å². The van der Waals surface area contributed by atoms with Crippen molar-refractivity contribution in [1.82, 2.24) is 0 Å². The van der Waals surface area contributed by atoms with Crippen molar-refractivity contribution in [2.45, 2.75) is 70.6 Å². The summed E-state index contributed by atoms with van der Waals surface area (Å²) in [6.45, 7) is 2.00. The van der Waals surface area contributed by atoms with Gasteiger partial charge in [-0.1, -0.05) is 62.3 Å². The Hall–Kier alpha value is -2.53. The van der Waals surface area contributed by atoms with E-state index in [1.807, 2.05) is 31.2 Å². The number of alkyl halides is 3. The lowest BCUT2D eigenvalue weighted by atomic mass is 9.89. The zero-order valence-electron chi connectivity index (χ0n) is 18.5. The van der Waals surface area contributed by atoms with Crippen LogP contribution in [0, 0.1) is 0 Å². The lowest BCUT2D eigenvalue weighted by Crippen LogP contribution is -2.06. The van der Waals surface area contributed by atoms with Crippen molar-refractivity contribution in [3.05, 3.63) is 71.3 Å². The van der Waals surface area contributed by atoms with Crippen LogP contribution < -0.4 is 0 Å². The van der Waals surface area contributed by atoms with Crippen molar-refractivity contribution < 1.29 is 23.4 Å². The number of halogens is 3. The molecule has 2 aromatic rings. The van der Waals surface area contributed by atoms with E-state index in [-0.39, 0.29) is 6.42 Å². The van der Waals surface area contributed by atoms with Gasteiger partial charge in [0.1, 0.15) is 5.75 Å². The van der Waals surface area contributed by atoms with Gasteiger partial charge in [-0.05, 0) is 77.6 Å². The van der Waals surface area contributed by atoms with Gasteiger partial charge < -0.3 is 10.2 Å². The molecule has 0 saturated heterocycles. The summed E-state index contributed by atoms with van der Waals surface area (Å²) in [6.07, 6.45) is 4.92. The molecule has 2 nitrogen and oxygen atoms in total. The highest BCUT2D eigenvalue weighted by Gasteiger charge is 2.25. The number of phenols is 1. The second-order valence-electron chi connectivity index (χ2n) is 8.42. The van der Waals surface area contributed by atoms with Gasteiger partial charge in [0.05, 0.1) is 6.10 Å². The van der Waals surface area contributed by atoms with Crippen molar-refractivity contribution in [3.63, 3.8) is 0 Å². The molecule has 1 atom stereocenters. The fraction of sp³-hybridized carbons (Fsp3) is 0.407. The molecule has 0 amide bonds. The van der Waals surface area contributed by atoms with Crippen molar-refractivity contribution in [3.8, 4) is 16.9 Å². The first-order valence-corrected chi connectivity index (χ1v) is 11.4. The minimum Gasteiger partial charge on any atom is -0.508 e. The topological polar surface area (TPSA) is 40.5 Å². The first-order valence-electron chi connectivity index (χ1n) is 11.4. The van der Waals surface area contributed by atoms with Crippen LogP contribution >= 0.6 is 0 Å². The minimum atomic E-state index is -4.08. The number of aliphatic hydroxyl groups excluding tert-OH is 1. The van der Waals surface area contributed by atoms with Gasteiger partial charge in [-0.25, -0.2) is 0 Å². The molecule has 0 fully saturated rings. The first kappa shape index (κ1) is 24.1. The Bertz CT molecular complexity index is 973. The number of phenolic OH excluding ortho intramolecular Hbond substituents is 1. The van der Waals surface area contributed by atoms with Crippen molar-refractivity contribution >= 4 is 5.57 Å². The largest absolute Gasteiger partial charge is 0.508 e. The Kier molecular flexibility index (Phi) is 8.19. The van der Waals surface area contributed by atoms with Crippen LogP contribution in [0.2, 0.25) is 0 Å². The lowest BCUT2D eigenvalue weighted by molar-refractivity contribution is -0.135. The molecule has 32 heavy (non-hydrogen) atoms. The molecular weight excluding hydrogens is 413 g/mol. The van der Waals surface area contributed by atoms with Gasteiger partial charge in [0.2, 0.25) is 0 Å². The number of hydrogen-bond donors (Lipinski definition) is 2. The van der Waals surface area contributed by atoms with Crippen LogP contribution in [-0.2, 0) is 12.8 Å². The molecule has 1 unspecified atom stereocenters. The van der Waals surface area contributed by atoms with E-state index in [9.17, 15) is 23.4 Å². The van der Waals surface area contributed by atoms with E-state index >= 15 is 0 Å². The average molecular weight is 445 g/mol. The lowest BCUT2D eigenvalue weighted by Gasteiger charge is -2.17. The first-order chi connectivity index (χ1) is 15.3. The van der Waals surface area contributed by atoms with Crippen molar-refractivity contribution in [2.75, 3.05) is 0 Å². The monoisotopic (exact) mass is 444 g/mol. The molecule has 0 aromatic heterocycles. The smallest absolute Gasteiger partial charge is 0.389 e. The molecule has 172 valence electrons.